The number of thiophene rings is 1. The van der Waals surface area contributed by atoms with E-state index in [9.17, 15) is 0 Å². The first-order chi connectivity index (χ1) is 9.81. The van der Waals surface area contributed by atoms with Crippen LogP contribution >= 0.6 is 11.3 Å². The first-order valence-corrected chi connectivity index (χ1v) is 7.31. The molecule has 0 saturated carbocycles. The Morgan fingerprint density at radius 1 is 1.30 bits per heavy atom. The fourth-order valence-electron chi connectivity index (χ4n) is 2.16. The van der Waals surface area contributed by atoms with E-state index in [4.69, 9.17) is 4.52 Å². The van der Waals surface area contributed by atoms with Gasteiger partial charge in [-0.15, -0.1) is 5.10 Å². The van der Waals surface area contributed by atoms with Gasteiger partial charge in [-0.1, -0.05) is 5.16 Å². The van der Waals surface area contributed by atoms with Crippen LogP contribution in [0.2, 0.25) is 0 Å². The standard InChI is InChI=1S/C12H12N6OS/c1-7-5-20-6-8(7)9-14-11(19-17-9)10-15-12-13-3-2-4-18(12)16-10/h5-6H,2-4H2,1H3,(H,13,15,16). The van der Waals surface area contributed by atoms with E-state index in [1.165, 1.54) is 0 Å². The molecule has 1 aliphatic rings. The van der Waals surface area contributed by atoms with Gasteiger partial charge < -0.3 is 9.84 Å². The molecule has 3 aromatic heterocycles. The Kier molecular flexibility index (Phi) is 2.56. The molecule has 0 saturated heterocycles. The van der Waals surface area contributed by atoms with Gasteiger partial charge in [0.2, 0.25) is 17.6 Å². The minimum atomic E-state index is 0.356. The predicted octanol–water partition coefficient (Wildman–Crippen LogP) is 2.18. The van der Waals surface area contributed by atoms with E-state index in [-0.39, 0.29) is 0 Å². The molecule has 102 valence electrons. The number of aryl methyl sites for hydroxylation is 2. The van der Waals surface area contributed by atoms with Crippen molar-refractivity contribution in [2.45, 2.75) is 19.9 Å². The van der Waals surface area contributed by atoms with Gasteiger partial charge in [-0.05, 0) is 24.3 Å². The van der Waals surface area contributed by atoms with Crippen LogP contribution in [0.3, 0.4) is 0 Å². The fourth-order valence-corrected chi connectivity index (χ4v) is 2.99. The number of hydrogen-bond donors (Lipinski definition) is 1. The highest BCUT2D eigenvalue weighted by atomic mass is 32.1. The summed E-state index contributed by atoms with van der Waals surface area (Å²) in [6.07, 6.45) is 1.04. The van der Waals surface area contributed by atoms with Crippen molar-refractivity contribution in [2.75, 3.05) is 11.9 Å². The molecule has 0 atom stereocenters. The molecule has 0 amide bonds. The van der Waals surface area contributed by atoms with Gasteiger partial charge in [0.05, 0.1) is 0 Å². The lowest BCUT2D eigenvalue weighted by Gasteiger charge is -2.12. The molecular weight excluding hydrogens is 276 g/mol. The molecule has 1 aliphatic heterocycles. The number of anilines is 1. The van der Waals surface area contributed by atoms with E-state index >= 15 is 0 Å². The molecule has 7 nitrogen and oxygen atoms in total. The largest absolute Gasteiger partial charge is 0.354 e. The molecule has 1 N–H and O–H groups in total. The number of nitrogens with one attached hydrogen (secondary N) is 1. The van der Waals surface area contributed by atoms with Gasteiger partial charge in [0.25, 0.3) is 5.89 Å². The number of aromatic nitrogens is 5. The van der Waals surface area contributed by atoms with Crippen molar-refractivity contribution in [1.29, 1.82) is 0 Å². The Hall–Kier alpha value is -2.22. The second-order valence-electron chi connectivity index (χ2n) is 4.65. The van der Waals surface area contributed by atoms with Gasteiger partial charge in [-0.2, -0.15) is 21.3 Å². The quantitative estimate of drug-likeness (QED) is 0.778. The minimum absolute atomic E-state index is 0.356. The van der Waals surface area contributed by atoms with Gasteiger partial charge in [0, 0.05) is 24.0 Å². The summed E-state index contributed by atoms with van der Waals surface area (Å²) in [6, 6.07) is 0. The summed E-state index contributed by atoms with van der Waals surface area (Å²) in [5.41, 5.74) is 2.13. The lowest BCUT2D eigenvalue weighted by Crippen LogP contribution is -2.17. The third-order valence-corrected chi connectivity index (χ3v) is 4.08. The van der Waals surface area contributed by atoms with Gasteiger partial charge in [-0.25, -0.2) is 4.68 Å². The first kappa shape index (κ1) is 11.6. The number of nitrogens with zero attached hydrogens (tertiary/aromatic N) is 5. The smallest absolute Gasteiger partial charge is 0.297 e. The first-order valence-electron chi connectivity index (χ1n) is 6.37. The monoisotopic (exact) mass is 288 g/mol. The molecule has 0 unspecified atom stereocenters. The normalized spacial score (nSPS) is 14.1. The summed E-state index contributed by atoms with van der Waals surface area (Å²) >= 11 is 1.62. The van der Waals surface area contributed by atoms with Crippen LogP contribution in [0.5, 0.6) is 0 Å². The van der Waals surface area contributed by atoms with Crippen LogP contribution in [0, 0.1) is 6.92 Å². The Balaban J connectivity index is 1.71. The highest BCUT2D eigenvalue weighted by Gasteiger charge is 2.20. The summed E-state index contributed by atoms with van der Waals surface area (Å²) in [5.74, 6) is 2.17. The maximum Gasteiger partial charge on any atom is 0.297 e. The molecule has 0 spiro atoms. The third-order valence-electron chi connectivity index (χ3n) is 3.22. The van der Waals surface area contributed by atoms with Crippen molar-refractivity contribution in [3.8, 4) is 23.1 Å². The maximum absolute atomic E-state index is 5.28. The van der Waals surface area contributed by atoms with Crippen molar-refractivity contribution >= 4 is 17.3 Å². The minimum Gasteiger partial charge on any atom is -0.354 e. The van der Waals surface area contributed by atoms with Crippen LogP contribution in [0.25, 0.3) is 23.1 Å². The van der Waals surface area contributed by atoms with Crippen molar-refractivity contribution in [3.05, 3.63) is 16.3 Å². The molecule has 0 bridgehead atoms. The summed E-state index contributed by atoms with van der Waals surface area (Å²) in [7, 11) is 0. The average Bonchev–Trinajstić information content (AvgIpc) is 3.15. The van der Waals surface area contributed by atoms with Gasteiger partial charge >= 0.3 is 0 Å². The second kappa shape index (κ2) is 4.41. The van der Waals surface area contributed by atoms with E-state index < -0.39 is 0 Å². The van der Waals surface area contributed by atoms with Crippen molar-refractivity contribution in [2.24, 2.45) is 0 Å². The Morgan fingerprint density at radius 2 is 2.25 bits per heavy atom. The summed E-state index contributed by atoms with van der Waals surface area (Å²) < 4.78 is 7.12. The van der Waals surface area contributed by atoms with Crippen LogP contribution in [0.15, 0.2) is 15.3 Å². The second-order valence-corrected chi connectivity index (χ2v) is 5.40. The highest BCUT2D eigenvalue weighted by Crippen LogP contribution is 2.26. The molecule has 4 rings (SSSR count). The van der Waals surface area contributed by atoms with Crippen LogP contribution in [0.4, 0.5) is 5.95 Å². The highest BCUT2D eigenvalue weighted by molar-refractivity contribution is 7.08. The fraction of sp³-hybridized carbons (Fsp3) is 0.333. The maximum atomic E-state index is 5.28. The molecule has 8 heteroatoms. The van der Waals surface area contributed by atoms with Crippen LogP contribution < -0.4 is 5.32 Å². The number of fused-ring (bicyclic) bond motifs is 1. The van der Waals surface area contributed by atoms with Crippen LogP contribution in [0.1, 0.15) is 12.0 Å². The van der Waals surface area contributed by atoms with Crippen molar-refractivity contribution in [3.63, 3.8) is 0 Å². The molecule has 0 fully saturated rings. The summed E-state index contributed by atoms with van der Waals surface area (Å²) in [4.78, 5) is 8.78. The van der Waals surface area contributed by atoms with Crippen molar-refractivity contribution < 1.29 is 4.52 Å². The van der Waals surface area contributed by atoms with E-state index in [1.54, 1.807) is 11.3 Å². The van der Waals surface area contributed by atoms with E-state index in [2.05, 4.69) is 30.9 Å². The van der Waals surface area contributed by atoms with Gasteiger partial charge in [-0.3, -0.25) is 0 Å². The molecule has 4 heterocycles. The molecule has 0 aromatic carbocycles. The van der Waals surface area contributed by atoms with E-state index in [0.29, 0.717) is 17.5 Å². The lowest BCUT2D eigenvalue weighted by atomic mass is 10.2. The Bertz CT molecular complexity index is 734. The zero-order valence-electron chi connectivity index (χ0n) is 10.8. The molecule has 0 aliphatic carbocycles. The topological polar surface area (TPSA) is 81.7 Å². The SMILES string of the molecule is Cc1cscc1-c1noc(-c2nc3n(n2)CCCN3)n1. The molecule has 20 heavy (non-hydrogen) atoms. The zero-order chi connectivity index (χ0) is 13.5. The summed E-state index contributed by atoms with van der Waals surface area (Å²) in [5, 5.41) is 15.7. The Labute approximate surface area is 118 Å². The zero-order valence-corrected chi connectivity index (χ0v) is 11.6. The Morgan fingerprint density at radius 3 is 3.05 bits per heavy atom. The molecular formula is C12H12N6OS. The summed E-state index contributed by atoms with van der Waals surface area (Å²) in [6.45, 7) is 3.81. The number of rotatable bonds is 2. The van der Waals surface area contributed by atoms with Gasteiger partial charge in [0.15, 0.2) is 0 Å². The molecule has 0 radical (unpaired) electrons. The number of hydrogen-bond acceptors (Lipinski definition) is 7. The van der Waals surface area contributed by atoms with Crippen molar-refractivity contribution in [1.82, 2.24) is 24.9 Å². The van der Waals surface area contributed by atoms with Crippen LogP contribution in [-0.2, 0) is 6.54 Å². The van der Waals surface area contributed by atoms with E-state index in [0.717, 1.165) is 36.6 Å². The predicted molar refractivity (Wildman–Crippen MR) is 74.5 cm³/mol. The van der Waals surface area contributed by atoms with E-state index in [1.807, 2.05) is 17.0 Å². The average molecular weight is 288 g/mol. The third kappa shape index (κ3) is 1.80. The molecule has 3 aromatic rings. The van der Waals surface area contributed by atoms with Gasteiger partial charge in [0.1, 0.15) is 0 Å². The lowest BCUT2D eigenvalue weighted by molar-refractivity contribution is 0.428. The van der Waals surface area contributed by atoms with Crippen LogP contribution in [-0.4, -0.2) is 31.4 Å².